The third kappa shape index (κ3) is 3.59. The van der Waals surface area contributed by atoms with Crippen LogP contribution < -0.4 is 15.2 Å². The SMILES string of the molecule is COCc1c(OC)ccc(OC)c1CC(N)C(=O)O. The first-order valence-corrected chi connectivity index (χ1v) is 5.75. The second-order valence-electron chi connectivity index (χ2n) is 4.01. The number of hydrogen-bond donors (Lipinski definition) is 2. The van der Waals surface area contributed by atoms with Crippen molar-refractivity contribution in [3.63, 3.8) is 0 Å². The summed E-state index contributed by atoms with van der Waals surface area (Å²) in [6.07, 6.45) is 0.147. The quantitative estimate of drug-likeness (QED) is 0.761. The van der Waals surface area contributed by atoms with Gasteiger partial charge in [0.2, 0.25) is 0 Å². The standard InChI is InChI=1S/C13H19NO5/c1-17-7-9-8(6-10(14)13(15)16)11(18-2)4-5-12(9)19-3/h4-5,10H,6-7,14H2,1-3H3,(H,15,16). The molecule has 0 spiro atoms. The molecule has 0 aliphatic rings. The number of carboxylic acids is 1. The van der Waals surface area contributed by atoms with Crippen molar-refractivity contribution in [2.45, 2.75) is 19.1 Å². The van der Waals surface area contributed by atoms with E-state index in [9.17, 15) is 4.79 Å². The number of nitrogens with two attached hydrogens (primary N) is 1. The normalized spacial score (nSPS) is 12.0. The van der Waals surface area contributed by atoms with E-state index >= 15 is 0 Å². The third-order valence-electron chi connectivity index (χ3n) is 2.81. The van der Waals surface area contributed by atoms with Crippen molar-refractivity contribution in [2.75, 3.05) is 21.3 Å². The molecule has 6 nitrogen and oxygen atoms in total. The number of methoxy groups -OCH3 is 3. The van der Waals surface area contributed by atoms with Crippen LogP contribution in [0.4, 0.5) is 0 Å². The predicted molar refractivity (Wildman–Crippen MR) is 69.6 cm³/mol. The fourth-order valence-electron chi connectivity index (χ4n) is 1.87. The predicted octanol–water partition coefficient (Wildman–Crippen LogP) is 0.805. The van der Waals surface area contributed by atoms with Crippen LogP contribution in [0.3, 0.4) is 0 Å². The van der Waals surface area contributed by atoms with Gasteiger partial charge >= 0.3 is 5.97 Å². The van der Waals surface area contributed by atoms with Crippen LogP contribution in [0.15, 0.2) is 12.1 Å². The van der Waals surface area contributed by atoms with E-state index in [1.165, 1.54) is 7.11 Å². The van der Waals surface area contributed by atoms with E-state index in [0.29, 0.717) is 23.7 Å². The summed E-state index contributed by atoms with van der Waals surface area (Å²) in [7, 11) is 4.62. The molecule has 0 fully saturated rings. The maximum atomic E-state index is 10.9. The number of carboxylic acid groups (broad SMARTS) is 1. The molecule has 0 saturated heterocycles. The summed E-state index contributed by atoms with van der Waals surface area (Å²) in [5.74, 6) is 0.132. The second kappa shape index (κ2) is 6.96. The van der Waals surface area contributed by atoms with Crippen molar-refractivity contribution < 1.29 is 24.1 Å². The highest BCUT2D eigenvalue weighted by atomic mass is 16.5. The van der Waals surface area contributed by atoms with Crippen LogP contribution in [0.5, 0.6) is 11.5 Å². The van der Waals surface area contributed by atoms with Gasteiger partial charge in [0.15, 0.2) is 0 Å². The van der Waals surface area contributed by atoms with E-state index in [4.69, 9.17) is 25.1 Å². The van der Waals surface area contributed by atoms with Gasteiger partial charge in [-0.25, -0.2) is 0 Å². The van der Waals surface area contributed by atoms with Gasteiger partial charge in [-0.2, -0.15) is 0 Å². The van der Waals surface area contributed by atoms with Gasteiger partial charge in [0.25, 0.3) is 0 Å². The molecule has 0 aliphatic carbocycles. The van der Waals surface area contributed by atoms with Gasteiger partial charge in [-0.15, -0.1) is 0 Å². The Labute approximate surface area is 112 Å². The van der Waals surface area contributed by atoms with Crippen LogP contribution in [-0.4, -0.2) is 38.4 Å². The maximum Gasteiger partial charge on any atom is 0.320 e. The Bertz CT molecular complexity index is 447. The molecule has 3 N–H and O–H groups in total. The summed E-state index contributed by atoms with van der Waals surface area (Å²) in [5, 5.41) is 8.93. The van der Waals surface area contributed by atoms with Gasteiger partial charge in [-0.05, 0) is 12.1 Å². The summed E-state index contributed by atoms with van der Waals surface area (Å²) in [5.41, 5.74) is 7.04. The van der Waals surface area contributed by atoms with E-state index in [0.717, 1.165) is 5.56 Å². The Morgan fingerprint density at radius 3 is 2.16 bits per heavy atom. The van der Waals surface area contributed by atoms with Crippen LogP contribution in [0.25, 0.3) is 0 Å². The molecule has 1 unspecified atom stereocenters. The minimum atomic E-state index is -1.06. The minimum Gasteiger partial charge on any atom is -0.496 e. The maximum absolute atomic E-state index is 10.9. The first kappa shape index (κ1) is 15.3. The van der Waals surface area contributed by atoms with Gasteiger partial charge in [0.05, 0.1) is 20.8 Å². The molecule has 0 aliphatic heterocycles. The molecule has 0 bridgehead atoms. The molecule has 1 aromatic carbocycles. The molecule has 0 amide bonds. The lowest BCUT2D eigenvalue weighted by Gasteiger charge is -2.18. The lowest BCUT2D eigenvalue weighted by Crippen LogP contribution is -2.32. The zero-order valence-corrected chi connectivity index (χ0v) is 11.3. The average Bonchev–Trinajstić information content (AvgIpc) is 2.40. The molecular formula is C13H19NO5. The number of rotatable bonds is 7. The highest BCUT2D eigenvalue weighted by molar-refractivity contribution is 5.74. The van der Waals surface area contributed by atoms with E-state index < -0.39 is 12.0 Å². The third-order valence-corrected chi connectivity index (χ3v) is 2.81. The second-order valence-corrected chi connectivity index (χ2v) is 4.01. The van der Waals surface area contributed by atoms with Gasteiger partial charge in [-0.3, -0.25) is 4.79 Å². The summed E-state index contributed by atoms with van der Waals surface area (Å²) in [6.45, 7) is 0.294. The topological polar surface area (TPSA) is 91.0 Å². The Balaban J connectivity index is 3.25. The van der Waals surface area contributed by atoms with E-state index in [-0.39, 0.29) is 6.42 Å². The first-order valence-electron chi connectivity index (χ1n) is 5.75. The Kier molecular flexibility index (Phi) is 5.59. The van der Waals surface area contributed by atoms with Gasteiger partial charge in [0, 0.05) is 24.7 Å². The first-order chi connectivity index (χ1) is 9.04. The lowest BCUT2D eigenvalue weighted by atomic mass is 9.98. The molecule has 0 heterocycles. The Morgan fingerprint density at radius 1 is 1.21 bits per heavy atom. The summed E-state index contributed by atoms with van der Waals surface area (Å²) in [4.78, 5) is 10.9. The van der Waals surface area contributed by atoms with Crippen molar-refractivity contribution in [1.29, 1.82) is 0 Å². The van der Waals surface area contributed by atoms with Crippen LogP contribution >= 0.6 is 0 Å². The number of benzene rings is 1. The van der Waals surface area contributed by atoms with E-state index in [2.05, 4.69) is 0 Å². The van der Waals surface area contributed by atoms with Crippen molar-refractivity contribution in [3.8, 4) is 11.5 Å². The molecule has 19 heavy (non-hydrogen) atoms. The van der Waals surface area contributed by atoms with Gasteiger partial charge < -0.3 is 25.1 Å². The van der Waals surface area contributed by atoms with Crippen molar-refractivity contribution in [2.24, 2.45) is 5.73 Å². The number of ether oxygens (including phenoxy) is 3. The van der Waals surface area contributed by atoms with E-state index in [1.807, 2.05) is 0 Å². The summed E-state index contributed by atoms with van der Waals surface area (Å²) >= 11 is 0. The van der Waals surface area contributed by atoms with E-state index in [1.54, 1.807) is 26.4 Å². The van der Waals surface area contributed by atoms with Gasteiger partial charge in [0.1, 0.15) is 17.5 Å². The average molecular weight is 269 g/mol. The molecule has 6 heteroatoms. The lowest BCUT2D eigenvalue weighted by molar-refractivity contribution is -0.138. The van der Waals surface area contributed by atoms with Crippen LogP contribution in [0.2, 0.25) is 0 Å². The smallest absolute Gasteiger partial charge is 0.320 e. The minimum absolute atomic E-state index is 0.147. The number of carbonyl (C=O) groups is 1. The van der Waals surface area contributed by atoms with Crippen LogP contribution in [-0.2, 0) is 22.6 Å². The van der Waals surface area contributed by atoms with Crippen molar-refractivity contribution >= 4 is 5.97 Å². The molecule has 0 aromatic heterocycles. The fourth-order valence-corrected chi connectivity index (χ4v) is 1.87. The molecular weight excluding hydrogens is 250 g/mol. The Morgan fingerprint density at radius 2 is 1.74 bits per heavy atom. The van der Waals surface area contributed by atoms with Gasteiger partial charge in [-0.1, -0.05) is 0 Å². The fraction of sp³-hybridized carbons (Fsp3) is 0.462. The molecule has 0 radical (unpaired) electrons. The van der Waals surface area contributed by atoms with Crippen molar-refractivity contribution in [3.05, 3.63) is 23.3 Å². The van der Waals surface area contributed by atoms with Crippen LogP contribution in [0.1, 0.15) is 11.1 Å². The molecule has 106 valence electrons. The van der Waals surface area contributed by atoms with Crippen LogP contribution in [0, 0.1) is 0 Å². The Hall–Kier alpha value is -1.79. The largest absolute Gasteiger partial charge is 0.496 e. The molecule has 1 rings (SSSR count). The zero-order valence-electron chi connectivity index (χ0n) is 11.3. The number of aliphatic carboxylic acids is 1. The summed E-state index contributed by atoms with van der Waals surface area (Å²) in [6, 6.07) is 2.47. The monoisotopic (exact) mass is 269 g/mol. The highest BCUT2D eigenvalue weighted by Crippen LogP contribution is 2.32. The highest BCUT2D eigenvalue weighted by Gasteiger charge is 2.20. The molecule has 0 saturated carbocycles. The molecule has 1 aromatic rings. The summed E-state index contributed by atoms with van der Waals surface area (Å²) < 4.78 is 15.6. The number of hydrogen-bond acceptors (Lipinski definition) is 5. The zero-order chi connectivity index (χ0) is 14.4. The molecule has 1 atom stereocenters. The van der Waals surface area contributed by atoms with Crippen molar-refractivity contribution in [1.82, 2.24) is 0 Å².